The number of hydrogen-bond acceptors (Lipinski definition) is 4. The second-order valence-electron chi connectivity index (χ2n) is 5.00. The van der Waals surface area contributed by atoms with Gasteiger partial charge in [0.1, 0.15) is 0 Å². The number of hydrogen-bond donors (Lipinski definition) is 0. The Morgan fingerprint density at radius 2 is 1.74 bits per heavy atom. The first-order valence-electron chi connectivity index (χ1n) is 7.05. The van der Waals surface area contributed by atoms with E-state index in [1.165, 1.54) is 29.2 Å². The van der Waals surface area contributed by atoms with Crippen molar-refractivity contribution in [2.24, 2.45) is 0 Å². The topological polar surface area (TPSA) is 70.4 Å². The molecule has 0 aromatic heterocycles. The molecule has 0 bridgehead atoms. The lowest BCUT2D eigenvalue weighted by atomic mass is 10.1. The maximum absolute atomic E-state index is 12.0. The van der Waals surface area contributed by atoms with E-state index in [4.69, 9.17) is 10.00 Å². The van der Waals surface area contributed by atoms with Gasteiger partial charge >= 0.3 is 5.97 Å². The fourth-order valence-corrected chi connectivity index (χ4v) is 1.95. The monoisotopic (exact) mass is 308 g/mol. The van der Waals surface area contributed by atoms with Crippen molar-refractivity contribution in [3.63, 3.8) is 0 Å². The van der Waals surface area contributed by atoms with Gasteiger partial charge in [0, 0.05) is 13.6 Å². The molecule has 5 nitrogen and oxygen atoms in total. The highest BCUT2D eigenvalue weighted by Gasteiger charge is 2.13. The van der Waals surface area contributed by atoms with Gasteiger partial charge in [-0.25, -0.2) is 4.79 Å². The largest absolute Gasteiger partial charge is 0.452 e. The van der Waals surface area contributed by atoms with Gasteiger partial charge in [-0.05, 0) is 29.8 Å². The summed E-state index contributed by atoms with van der Waals surface area (Å²) in [6, 6.07) is 17.6. The van der Waals surface area contributed by atoms with Crippen LogP contribution >= 0.6 is 0 Å². The summed E-state index contributed by atoms with van der Waals surface area (Å²) in [6.07, 6.45) is 0. The number of nitriles is 1. The van der Waals surface area contributed by atoms with Gasteiger partial charge in [-0.15, -0.1) is 0 Å². The highest BCUT2D eigenvalue weighted by atomic mass is 16.5. The van der Waals surface area contributed by atoms with Crippen molar-refractivity contribution >= 4 is 11.9 Å². The van der Waals surface area contributed by atoms with E-state index in [0.717, 1.165) is 5.56 Å². The molecule has 0 aliphatic heterocycles. The van der Waals surface area contributed by atoms with Crippen LogP contribution in [0.15, 0.2) is 54.6 Å². The molecule has 1 amide bonds. The Bertz CT molecular complexity index is 718. The maximum Gasteiger partial charge on any atom is 0.338 e. The molecule has 0 unspecified atom stereocenters. The molecule has 0 aliphatic carbocycles. The van der Waals surface area contributed by atoms with E-state index in [1.54, 1.807) is 7.05 Å². The Labute approximate surface area is 134 Å². The minimum absolute atomic E-state index is 0.282. The molecule has 0 heterocycles. The van der Waals surface area contributed by atoms with Gasteiger partial charge in [0.2, 0.25) is 0 Å². The lowest BCUT2D eigenvalue weighted by molar-refractivity contribution is -0.133. The summed E-state index contributed by atoms with van der Waals surface area (Å²) in [5, 5.41) is 8.71. The quantitative estimate of drug-likeness (QED) is 0.795. The van der Waals surface area contributed by atoms with Gasteiger partial charge in [0.25, 0.3) is 5.91 Å². The van der Waals surface area contributed by atoms with E-state index in [-0.39, 0.29) is 12.5 Å². The summed E-state index contributed by atoms with van der Waals surface area (Å²) in [5.74, 6) is -0.869. The second-order valence-corrected chi connectivity index (χ2v) is 5.00. The van der Waals surface area contributed by atoms with Crippen LogP contribution in [0.1, 0.15) is 21.5 Å². The number of amides is 1. The number of ether oxygens (including phenoxy) is 1. The van der Waals surface area contributed by atoms with Crippen molar-refractivity contribution in [1.82, 2.24) is 4.90 Å². The molecule has 0 radical (unpaired) electrons. The third-order valence-electron chi connectivity index (χ3n) is 3.26. The molecule has 2 aromatic rings. The molecule has 0 spiro atoms. The molecule has 0 aliphatic rings. The Morgan fingerprint density at radius 3 is 2.35 bits per heavy atom. The summed E-state index contributed by atoms with van der Waals surface area (Å²) in [4.78, 5) is 25.3. The van der Waals surface area contributed by atoms with E-state index in [1.807, 2.05) is 36.4 Å². The first kappa shape index (κ1) is 16.2. The minimum Gasteiger partial charge on any atom is -0.452 e. The Morgan fingerprint density at radius 1 is 1.09 bits per heavy atom. The standard InChI is InChI=1S/C18H16N2O3/c1-20(12-15-5-3-2-4-6-15)17(21)13-23-18(22)16-9-7-14(11-19)8-10-16/h2-10H,12-13H2,1H3. The van der Waals surface area contributed by atoms with Gasteiger partial charge in [-0.1, -0.05) is 30.3 Å². The van der Waals surface area contributed by atoms with Crippen molar-refractivity contribution in [3.8, 4) is 6.07 Å². The predicted molar refractivity (Wildman–Crippen MR) is 84.4 cm³/mol. The minimum atomic E-state index is -0.587. The third kappa shape index (κ3) is 4.68. The zero-order valence-electron chi connectivity index (χ0n) is 12.7. The van der Waals surface area contributed by atoms with Crippen LogP contribution in [0, 0.1) is 11.3 Å². The van der Waals surface area contributed by atoms with Crippen molar-refractivity contribution in [2.75, 3.05) is 13.7 Å². The smallest absolute Gasteiger partial charge is 0.338 e. The molecular weight excluding hydrogens is 292 g/mol. The van der Waals surface area contributed by atoms with Gasteiger partial charge < -0.3 is 9.64 Å². The van der Waals surface area contributed by atoms with Crippen molar-refractivity contribution in [2.45, 2.75) is 6.54 Å². The van der Waals surface area contributed by atoms with Crippen molar-refractivity contribution in [1.29, 1.82) is 5.26 Å². The van der Waals surface area contributed by atoms with Crippen LogP contribution in [0.2, 0.25) is 0 Å². The van der Waals surface area contributed by atoms with Crippen LogP contribution in [0.3, 0.4) is 0 Å². The number of carbonyl (C=O) groups is 2. The number of carbonyl (C=O) groups excluding carboxylic acids is 2. The van der Waals surface area contributed by atoms with Gasteiger partial charge in [0.05, 0.1) is 17.2 Å². The van der Waals surface area contributed by atoms with Crippen molar-refractivity contribution in [3.05, 3.63) is 71.3 Å². The van der Waals surface area contributed by atoms with Gasteiger partial charge in [0.15, 0.2) is 6.61 Å². The van der Waals surface area contributed by atoms with Crippen LogP contribution in [-0.2, 0) is 16.1 Å². The lowest BCUT2D eigenvalue weighted by Gasteiger charge is -2.17. The number of likely N-dealkylation sites (N-methyl/N-ethyl adjacent to an activating group) is 1. The van der Waals surface area contributed by atoms with Crippen LogP contribution in [0.5, 0.6) is 0 Å². The molecular formula is C18H16N2O3. The first-order valence-corrected chi connectivity index (χ1v) is 7.05. The molecule has 116 valence electrons. The Hall–Kier alpha value is -3.13. The summed E-state index contributed by atoms with van der Waals surface area (Å²) in [6.45, 7) is 0.135. The lowest BCUT2D eigenvalue weighted by Crippen LogP contribution is -2.30. The molecule has 5 heteroatoms. The fraction of sp³-hybridized carbons (Fsp3) is 0.167. The number of benzene rings is 2. The molecule has 2 rings (SSSR count). The maximum atomic E-state index is 12.0. The van der Waals surface area contributed by atoms with E-state index < -0.39 is 5.97 Å². The normalized spacial score (nSPS) is 9.74. The molecule has 0 saturated heterocycles. The average molecular weight is 308 g/mol. The number of esters is 1. The van der Waals surface area contributed by atoms with Crippen molar-refractivity contribution < 1.29 is 14.3 Å². The van der Waals surface area contributed by atoms with E-state index >= 15 is 0 Å². The zero-order chi connectivity index (χ0) is 16.7. The summed E-state index contributed by atoms with van der Waals surface area (Å²) < 4.78 is 5.01. The van der Waals surface area contributed by atoms with Crippen LogP contribution < -0.4 is 0 Å². The average Bonchev–Trinajstić information content (AvgIpc) is 2.60. The summed E-state index contributed by atoms with van der Waals surface area (Å²) in [5.41, 5.74) is 1.77. The summed E-state index contributed by atoms with van der Waals surface area (Å²) in [7, 11) is 1.66. The Kier molecular flexibility index (Phi) is 5.48. The van der Waals surface area contributed by atoms with E-state index in [0.29, 0.717) is 17.7 Å². The molecule has 0 fully saturated rings. The molecule has 0 N–H and O–H groups in total. The van der Waals surface area contributed by atoms with E-state index in [9.17, 15) is 9.59 Å². The number of rotatable bonds is 5. The predicted octanol–water partition coefficient (Wildman–Crippen LogP) is 2.37. The highest BCUT2D eigenvalue weighted by Crippen LogP contribution is 2.06. The molecule has 0 saturated carbocycles. The highest BCUT2D eigenvalue weighted by molar-refractivity contribution is 5.91. The second kappa shape index (κ2) is 7.76. The molecule has 2 aromatic carbocycles. The van der Waals surface area contributed by atoms with Gasteiger partial charge in [-0.2, -0.15) is 5.26 Å². The SMILES string of the molecule is CN(Cc1ccccc1)C(=O)COC(=O)c1ccc(C#N)cc1. The van der Waals surface area contributed by atoms with Crippen LogP contribution in [-0.4, -0.2) is 30.4 Å². The fourth-order valence-electron chi connectivity index (χ4n) is 1.95. The summed E-state index contributed by atoms with van der Waals surface area (Å²) >= 11 is 0. The number of nitrogens with zero attached hydrogens (tertiary/aromatic N) is 2. The zero-order valence-corrected chi connectivity index (χ0v) is 12.7. The van der Waals surface area contributed by atoms with E-state index in [2.05, 4.69) is 0 Å². The van der Waals surface area contributed by atoms with Gasteiger partial charge in [-0.3, -0.25) is 4.79 Å². The van der Waals surface area contributed by atoms with Crippen LogP contribution in [0.4, 0.5) is 0 Å². The third-order valence-corrected chi connectivity index (χ3v) is 3.26. The first-order chi connectivity index (χ1) is 11.1. The molecule has 23 heavy (non-hydrogen) atoms. The molecule has 0 atom stereocenters. The Balaban J connectivity index is 1.85. The van der Waals surface area contributed by atoms with Crippen LogP contribution in [0.25, 0.3) is 0 Å².